The Kier molecular flexibility index (Phi) is 2.80. The van der Waals surface area contributed by atoms with E-state index in [0.717, 1.165) is 5.39 Å². The third-order valence-corrected chi connectivity index (χ3v) is 3.11. The molecule has 0 saturated heterocycles. The van der Waals surface area contributed by atoms with Crippen molar-refractivity contribution < 1.29 is 9.21 Å². The molecule has 0 aliphatic rings. The van der Waals surface area contributed by atoms with E-state index in [0.29, 0.717) is 16.3 Å². The molecule has 0 aliphatic heterocycles. The molecule has 3 aromatic rings. The van der Waals surface area contributed by atoms with E-state index in [4.69, 9.17) is 16.0 Å². The number of benzene rings is 1. The fraction of sp³-hybridized carbons (Fsp3) is 0.0714. The van der Waals surface area contributed by atoms with Crippen molar-refractivity contribution in [2.75, 3.05) is 0 Å². The molecule has 0 bridgehead atoms. The van der Waals surface area contributed by atoms with Gasteiger partial charge in [-0.25, -0.2) is 4.98 Å². The largest absolute Gasteiger partial charge is 0.451 e. The van der Waals surface area contributed by atoms with Gasteiger partial charge in [0.1, 0.15) is 5.69 Å². The Hall–Kier alpha value is -2.20. The highest BCUT2D eigenvalue weighted by Gasteiger charge is 2.19. The number of nitrogens with zero attached hydrogens (tertiary/aromatic N) is 2. The topological polar surface area (TPSA) is 56.0 Å². The number of hydrogen-bond donors (Lipinski definition) is 0. The fourth-order valence-corrected chi connectivity index (χ4v) is 2.11. The van der Waals surface area contributed by atoms with E-state index in [1.54, 1.807) is 25.3 Å². The summed E-state index contributed by atoms with van der Waals surface area (Å²) in [5, 5.41) is 1.27. The summed E-state index contributed by atoms with van der Waals surface area (Å²) < 4.78 is 5.52. The fourth-order valence-electron chi connectivity index (χ4n) is 1.89. The third-order valence-electron chi connectivity index (χ3n) is 2.82. The van der Waals surface area contributed by atoms with Gasteiger partial charge in [-0.05, 0) is 19.1 Å². The lowest BCUT2D eigenvalue weighted by Gasteiger charge is -1.99. The lowest BCUT2D eigenvalue weighted by Crippen LogP contribution is -2.06. The molecule has 0 fully saturated rings. The molecule has 0 aliphatic carbocycles. The zero-order valence-corrected chi connectivity index (χ0v) is 10.8. The van der Waals surface area contributed by atoms with Crippen molar-refractivity contribution in [2.24, 2.45) is 0 Å². The molecule has 4 nitrogen and oxygen atoms in total. The van der Waals surface area contributed by atoms with Gasteiger partial charge in [0.2, 0.25) is 5.78 Å². The summed E-state index contributed by atoms with van der Waals surface area (Å²) in [5.41, 5.74) is 1.37. The van der Waals surface area contributed by atoms with Crippen molar-refractivity contribution in [2.45, 2.75) is 6.92 Å². The van der Waals surface area contributed by atoms with Crippen molar-refractivity contribution >= 4 is 28.4 Å². The van der Waals surface area contributed by atoms with Crippen LogP contribution in [0.3, 0.4) is 0 Å². The Labute approximate surface area is 114 Å². The highest BCUT2D eigenvalue weighted by molar-refractivity contribution is 6.35. The Bertz CT molecular complexity index is 780. The van der Waals surface area contributed by atoms with E-state index in [1.165, 1.54) is 6.20 Å². The molecule has 0 atom stereocenters. The van der Waals surface area contributed by atoms with Gasteiger partial charge in [-0.3, -0.25) is 9.78 Å². The molecular formula is C14H9ClN2O2. The van der Waals surface area contributed by atoms with Crippen LogP contribution in [0.1, 0.15) is 21.9 Å². The van der Waals surface area contributed by atoms with Gasteiger partial charge in [-0.1, -0.05) is 23.7 Å². The van der Waals surface area contributed by atoms with Gasteiger partial charge >= 0.3 is 0 Å². The van der Waals surface area contributed by atoms with Gasteiger partial charge in [0.25, 0.3) is 0 Å². The number of hydrogen-bond acceptors (Lipinski definition) is 4. The van der Waals surface area contributed by atoms with Crippen LogP contribution in [-0.2, 0) is 0 Å². The number of carbonyl (C=O) groups excluding carboxylic acids is 1. The van der Waals surface area contributed by atoms with Crippen molar-refractivity contribution in [1.82, 2.24) is 9.97 Å². The summed E-state index contributed by atoms with van der Waals surface area (Å²) in [6, 6.07) is 7.03. The maximum absolute atomic E-state index is 12.3. The van der Waals surface area contributed by atoms with Crippen LogP contribution in [0.2, 0.25) is 5.02 Å². The smallest absolute Gasteiger partial charge is 0.248 e. The molecule has 2 heterocycles. The number of rotatable bonds is 2. The molecule has 2 aromatic heterocycles. The van der Waals surface area contributed by atoms with Crippen molar-refractivity contribution in [3.05, 3.63) is 58.8 Å². The van der Waals surface area contributed by atoms with Gasteiger partial charge in [-0.15, -0.1) is 0 Å². The SMILES string of the molecule is Cc1nccnc1C(=O)c1cc2cccc(Cl)c2o1. The van der Waals surface area contributed by atoms with Gasteiger partial charge in [0.05, 0.1) is 10.7 Å². The second kappa shape index (κ2) is 4.48. The van der Waals surface area contributed by atoms with Gasteiger partial charge in [0, 0.05) is 17.8 Å². The predicted octanol–water partition coefficient (Wildman–Crippen LogP) is 3.42. The molecule has 0 amide bonds. The quantitative estimate of drug-likeness (QED) is 0.671. The average Bonchev–Trinajstić information content (AvgIpc) is 2.84. The number of aryl methyl sites for hydroxylation is 1. The zero-order valence-electron chi connectivity index (χ0n) is 10.1. The van der Waals surface area contributed by atoms with Gasteiger partial charge in [0.15, 0.2) is 11.3 Å². The van der Waals surface area contributed by atoms with E-state index in [-0.39, 0.29) is 17.2 Å². The number of aromatic nitrogens is 2. The van der Waals surface area contributed by atoms with Gasteiger partial charge < -0.3 is 4.42 Å². The van der Waals surface area contributed by atoms with E-state index in [1.807, 2.05) is 12.1 Å². The van der Waals surface area contributed by atoms with E-state index >= 15 is 0 Å². The normalized spacial score (nSPS) is 10.8. The van der Waals surface area contributed by atoms with Crippen LogP contribution in [0.15, 0.2) is 41.1 Å². The Morgan fingerprint density at radius 3 is 2.79 bits per heavy atom. The Morgan fingerprint density at radius 1 is 1.26 bits per heavy atom. The highest BCUT2D eigenvalue weighted by Crippen LogP contribution is 2.27. The average molecular weight is 273 g/mol. The van der Waals surface area contributed by atoms with E-state index in [9.17, 15) is 4.79 Å². The number of fused-ring (bicyclic) bond motifs is 1. The lowest BCUT2D eigenvalue weighted by atomic mass is 10.1. The number of para-hydroxylation sites is 1. The molecule has 0 saturated carbocycles. The number of halogens is 1. The Morgan fingerprint density at radius 2 is 2.05 bits per heavy atom. The molecule has 3 rings (SSSR count). The van der Waals surface area contributed by atoms with Crippen LogP contribution >= 0.6 is 11.6 Å². The molecule has 0 unspecified atom stereocenters. The molecule has 0 radical (unpaired) electrons. The van der Waals surface area contributed by atoms with Crippen LogP contribution in [0.25, 0.3) is 11.0 Å². The second-order valence-electron chi connectivity index (χ2n) is 4.09. The third kappa shape index (κ3) is 2.00. The lowest BCUT2D eigenvalue weighted by molar-refractivity contribution is 0.101. The van der Waals surface area contributed by atoms with Crippen molar-refractivity contribution in [3.8, 4) is 0 Å². The first-order valence-corrected chi connectivity index (χ1v) is 6.05. The molecule has 1 aromatic carbocycles. The van der Waals surface area contributed by atoms with Crippen LogP contribution in [0, 0.1) is 6.92 Å². The molecule has 0 N–H and O–H groups in total. The summed E-state index contributed by atoms with van der Waals surface area (Å²) in [5.74, 6) is -0.0791. The summed E-state index contributed by atoms with van der Waals surface area (Å²) in [6.45, 7) is 1.73. The van der Waals surface area contributed by atoms with Crippen molar-refractivity contribution in [3.63, 3.8) is 0 Å². The minimum Gasteiger partial charge on any atom is -0.451 e. The van der Waals surface area contributed by atoms with Crippen LogP contribution in [0.5, 0.6) is 0 Å². The molecule has 19 heavy (non-hydrogen) atoms. The molecule has 5 heteroatoms. The first-order valence-electron chi connectivity index (χ1n) is 5.67. The summed E-state index contributed by atoms with van der Waals surface area (Å²) in [7, 11) is 0. The minimum absolute atomic E-state index is 0.215. The van der Waals surface area contributed by atoms with E-state index < -0.39 is 0 Å². The molecule has 0 spiro atoms. The summed E-state index contributed by atoms with van der Waals surface area (Å²) >= 11 is 6.02. The summed E-state index contributed by atoms with van der Waals surface area (Å²) in [4.78, 5) is 20.4. The van der Waals surface area contributed by atoms with Crippen LogP contribution < -0.4 is 0 Å². The molecule has 94 valence electrons. The van der Waals surface area contributed by atoms with E-state index in [2.05, 4.69) is 9.97 Å². The van der Waals surface area contributed by atoms with Crippen molar-refractivity contribution in [1.29, 1.82) is 0 Å². The zero-order chi connectivity index (χ0) is 13.4. The standard InChI is InChI=1S/C14H9ClN2O2/c1-8-12(17-6-5-16-8)13(18)11-7-9-3-2-4-10(15)14(9)19-11/h2-7H,1H3. The maximum Gasteiger partial charge on any atom is 0.248 e. The molecular weight excluding hydrogens is 264 g/mol. The van der Waals surface area contributed by atoms with Crippen LogP contribution in [0.4, 0.5) is 0 Å². The Balaban J connectivity index is 2.12. The monoisotopic (exact) mass is 272 g/mol. The first-order chi connectivity index (χ1) is 9.16. The number of carbonyl (C=O) groups is 1. The number of ketones is 1. The second-order valence-corrected chi connectivity index (χ2v) is 4.50. The first kappa shape index (κ1) is 11.9. The maximum atomic E-state index is 12.3. The minimum atomic E-state index is -0.294. The highest BCUT2D eigenvalue weighted by atomic mass is 35.5. The van der Waals surface area contributed by atoms with Crippen LogP contribution in [-0.4, -0.2) is 15.8 Å². The van der Waals surface area contributed by atoms with Gasteiger partial charge in [-0.2, -0.15) is 0 Å². The summed E-state index contributed by atoms with van der Waals surface area (Å²) in [6.07, 6.45) is 3.03. The number of furan rings is 1. The predicted molar refractivity (Wildman–Crippen MR) is 71.4 cm³/mol.